The van der Waals surface area contributed by atoms with Gasteiger partial charge in [0.1, 0.15) is 5.78 Å². The third-order valence-electron chi connectivity index (χ3n) is 4.43. The standard InChI is InChI=1S/C13H20O3/c1-16-12(15)9-10-5-4-8-13(10)7-3-2-6-11(13)14/h10H,2-9H2,1H3/t10?,13-/m1/s1. The summed E-state index contributed by atoms with van der Waals surface area (Å²) in [5.41, 5.74) is -0.160. The Hall–Kier alpha value is -0.860. The zero-order valence-electron chi connectivity index (χ0n) is 9.96. The first kappa shape index (κ1) is 11.6. The molecule has 0 aromatic rings. The van der Waals surface area contributed by atoms with Crippen LogP contribution in [0.15, 0.2) is 0 Å². The van der Waals surface area contributed by atoms with Crippen LogP contribution in [0.4, 0.5) is 0 Å². The number of carbonyl (C=O) groups excluding carboxylic acids is 2. The second-order valence-electron chi connectivity index (χ2n) is 5.16. The summed E-state index contributed by atoms with van der Waals surface area (Å²) in [6.45, 7) is 0. The van der Waals surface area contributed by atoms with Crippen molar-refractivity contribution in [3.8, 4) is 0 Å². The van der Waals surface area contributed by atoms with Crippen LogP contribution in [0.1, 0.15) is 51.4 Å². The summed E-state index contributed by atoms with van der Waals surface area (Å²) < 4.78 is 4.73. The topological polar surface area (TPSA) is 43.4 Å². The number of ether oxygens (including phenoxy) is 1. The van der Waals surface area contributed by atoms with Crippen molar-refractivity contribution in [3.05, 3.63) is 0 Å². The van der Waals surface area contributed by atoms with E-state index in [1.165, 1.54) is 7.11 Å². The molecule has 1 unspecified atom stereocenters. The van der Waals surface area contributed by atoms with Crippen LogP contribution in [-0.2, 0) is 14.3 Å². The maximum absolute atomic E-state index is 12.1. The molecule has 2 aliphatic carbocycles. The second kappa shape index (κ2) is 4.56. The van der Waals surface area contributed by atoms with Crippen molar-refractivity contribution in [1.82, 2.24) is 0 Å². The van der Waals surface area contributed by atoms with Crippen LogP contribution in [0, 0.1) is 11.3 Å². The third kappa shape index (κ3) is 1.87. The Labute approximate surface area is 96.5 Å². The Bertz CT molecular complexity index is 298. The van der Waals surface area contributed by atoms with E-state index in [0.717, 1.165) is 44.9 Å². The van der Waals surface area contributed by atoms with E-state index in [1.54, 1.807) is 0 Å². The van der Waals surface area contributed by atoms with Crippen LogP contribution in [-0.4, -0.2) is 18.9 Å². The fourth-order valence-electron chi connectivity index (χ4n) is 3.54. The minimum atomic E-state index is -0.162. The fraction of sp³-hybridized carbons (Fsp3) is 0.846. The van der Waals surface area contributed by atoms with Gasteiger partial charge in [0.05, 0.1) is 7.11 Å². The molecule has 0 aromatic heterocycles. The zero-order chi connectivity index (χ0) is 11.6. The van der Waals surface area contributed by atoms with E-state index in [1.807, 2.05) is 0 Å². The number of hydrogen-bond acceptors (Lipinski definition) is 3. The highest BCUT2D eigenvalue weighted by molar-refractivity contribution is 5.86. The fourth-order valence-corrected chi connectivity index (χ4v) is 3.54. The average molecular weight is 224 g/mol. The largest absolute Gasteiger partial charge is 0.469 e. The summed E-state index contributed by atoms with van der Waals surface area (Å²) in [5.74, 6) is 0.488. The monoisotopic (exact) mass is 224 g/mol. The molecule has 0 heterocycles. The van der Waals surface area contributed by atoms with Crippen molar-refractivity contribution in [1.29, 1.82) is 0 Å². The molecule has 2 saturated carbocycles. The molecule has 3 heteroatoms. The molecule has 1 spiro atoms. The first-order valence-electron chi connectivity index (χ1n) is 6.29. The highest BCUT2D eigenvalue weighted by Gasteiger charge is 2.49. The summed E-state index contributed by atoms with van der Waals surface area (Å²) in [7, 11) is 1.42. The van der Waals surface area contributed by atoms with E-state index < -0.39 is 0 Å². The lowest BCUT2D eigenvalue weighted by molar-refractivity contribution is -0.144. The molecule has 2 rings (SSSR count). The molecule has 0 N–H and O–H groups in total. The van der Waals surface area contributed by atoms with Gasteiger partial charge in [0.15, 0.2) is 0 Å². The van der Waals surface area contributed by atoms with Gasteiger partial charge < -0.3 is 4.74 Å². The van der Waals surface area contributed by atoms with E-state index >= 15 is 0 Å². The molecule has 2 aliphatic rings. The molecule has 0 radical (unpaired) electrons. The molecule has 0 aromatic carbocycles. The lowest BCUT2D eigenvalue weighted by atomic mass is 9.66. The number of methoxy groups -OCH3 is 1. The van der Waals surface area contributed by atoms with Crippen LogP contribution in [0.5, 0.6) is 0 Å². The van der Waals surface area contributed by atoms with Gasteiger partial charge in [0, 0.05) is 18.3 Å². The highest BCUT2D eigenvalue weighted by atomic mass is 16.5. The number of Topliss-reactive ketones (excluding diaryl/α,β-unsaturated/α-hetero) is 1. The third-order valence-corrected chi connectivity index (χ3v) is 4.43. The van der Waals surface area contributed by atoms with E-state index in [0.29, 0.717) is 12.2 Å². The maximum Gasteiger partial charge on any atom is 0.305 e. The molecule has 90 valence electrons. The summed E-state index contributed by atoms with van der Waals surface area (Å²) in [6.07, 6.45) is 7.42. The van der Waals surface area contributed by atoms with Crippen LogP contribution in [0.3, 0.4) is 0 Å². The average Bonchev–Trinajstić information content (AvgIpc) is 2.67. The summed E-state index contributed by atoms with van der Waals surface area (Å²) in [4.78, 5) is 23.5. The van der Waals surface area contributed by atoms with Gasteiger partial charge in [-0.2, -0.15) is 0 Å². The SMILES string of the molecule is COC(=O)CC1CCC[C@]12CCCCC2=O. The Morgan fingerprint density at radius 2 is 2.12 bits per heavy atom. The zero-order valence-corrected chi connectivity index (χ0v) is 9.96. The van der Waals surface area contributed by atoms with Crippen LogP contribution in [0.2, 0.25) is 0 Å². The Morgan fingerprint density at radius 3 is 2.81 bits per heavy atom. The van der Waals surface area contributed by atoms with Gasteiger partial charge in [-0.1, -0.05) is 12.8 Å². The van der Waals surface area contributed by atoms with Gasteiger partial charge in [-0.05, 0) is 31.6 Å². The Morgan fingerprint density at radius 1 is 1.38 bits per heavy atom. The van der Waals surface area contributed by atoms with Crippen LogP contribution < -0.4 is 0 Å². The number of hydrogen-bond donors (Lipinski definition) is 0. The van der Waals surface area contributed by atoms with Crippen molar-refractivity contribution < 1.29 is 14.3 Å². The Kier molecular flexibility index (Phi) is 3.31. The van der Waals surface area contributed by atoms with E-state index in [2.05, 4.69) is 0 Å². The van der Waals surface area contributed by atoms with Crippen molar-refractivity contribution in [2.75, 3.05) is 7.11 Å². The van der Waals surface area contributed by atoms with Gasteiger partial charge in [0.25, 0.3) is 0 Å². The second-order valence-corrected chi connectivity index (χ2v) is 5.16. The molecular weight excluding hydrogens is 204 g/mol. The summed E-state index contributed by atoms with van der Waals surface area (Å²) in [5, 5.41) is 0. The predicted molar refractivity (Wildman–Crippen MR) is 59.9 cm³/mol. The first-order chi connectivity index (χ1) is 7.69. The van der Waals surface area contributed by atoms with Crippen molar-refractivity contribution >= 4 is 11.8 Å². The highest BCUT2D eigenvalue weighted by Crippen LogP contribution is 2.52. The van der Waals surface area contributed by atoms with Crippen molar-refractivity contribution in [2.24, 2.45) is 11.3 Å². The lowest BCUT2D eigenvalue weighted by Crippen LogP contribution is -2.38. The molecular formula is C13H20O3. The van der Waals surface area contributed by atoms with Gasteiger partial charge in [0.2, 0.25) is 0 Å². The number of ketones is 1. The molecule has 0 bridgehead atoms. The first-order valence-corrected chi connectivity index (χ1v) is 6.29. The van der Waals surface area contributed by atoms with Gasteiger partial charge in [-0.3, -0.25) is 9.59 Å². The smallest absolute Gasteiger partial charge is 0.305 e. The quantitative estimate of drug-likeness (QED) is 0.677. The number of rotatable bonds is 2. The molecule has 0 saturated heterocycles. The van der Waals surface area contributed by atoms with Crippen molar-refractivity contribution in [3.63, 3.8) is 0 Å². The van der Waals surface area contributed by atoms with Gasteiger partial charge >= 0.3 is 5.97 Å². The van der Waals surface area contributed by atoms with Crippen molar-refractivity contribution in [2.45, 2.75) is 51.4 Å². The Balaban J connectivity index is 2.11. The lowest BCUT2D eigenvalue weighted by Gasteiger charge is -2.37. The van der Waals surface area contributed by atoms with Crippen LogP contribution in [0.25, 0.3) is 0 Å². The van der Waals surface area contributed by atoms with E-state index in [9.17, 15) is 9.59 Å². The predicted octanol–water partition coefficient (Wildman–Crippen LogP) is 2.48. The summed E-state index contributed by atoms with van der Waals surface area (Å²) in [6, 6.07) is 0. The van der Waals surface area contributed by atoms with E-state index in [4.69, 9.17) is 4.74 Å². The molecule has 2 fully saturated rings. The summed E-state index contributed by atoms with van der Waals surface area (Å²) >= 11 is 0. The van der Waals surface area contributed by atoms with Gasteiger partial charge in [-0.25, -0.2) is 0 Å². The minimum absolute atomic E-state index is 0.160. The normalized spacial score (nSPS) is 34.3. The number of esters is 1. The van der Waals surface area contributed by atoms with Gasteiger partial charge in [-0.15, -0.1) is 0 Å². The minimum Gasteiger partial charge on any atom is -0.469 e. The molecule has 2 atom stereocenters. The van der Waals surface area contributed by atoms with E-state index in [-0.39, 0.29) is 17.3 Å². The van der Waals surface area contributed by atoms with Crippen LogP contribution >= 0.6 is 0 Å². The molecule has 16 heavy (non-hydrogen) atoms. The maximum atomic E-state index is 12.1. The molecule has 0 amide bonds. The molecule has 3 nitrogen and oxygen atoms in total. The molecule has 0 aliphatic heterocycles. The number of carbonyl (C=O) groups is 2.